The Morgan fingerprint density at radius 3 is 3.11 bits per heavy atom. The largest absolute Gasteiger partial charge is 0.485 e. The van der Waals surface area contributed by atoms with E-state index in [4.69, 9.17) is 9.47 Å². The van der Waals surface area contributed by atoms with Gasteiger partial charge >= 0.3 is 5.97 Å². The van der Waals surface area contributed by atoms with Gasteiger partial charge in [0.2, 0.25) is 0 Å². The molecule has 4 heteroatoms. The summed E-state index contributed by atoms with van der Waals surface area (Å²) in [6.07, 6.45) is 2.94. The normalized spacial score (nSPS) is 27.4. The van der Waals surface area contributed by atoms with E-state index >= 15 is 0 Å². The van der Waals surface area contributed by atoms with Gasteiger partial charge in [-0.3, -0.25) is 4.79 Å². The van der Waals surface area contributed by atoms with Gasteiger partial charge in [-0.25, -0.2) is 4.79 Å². The summed E-state index contributed by atoms with van der Waals surface area (Å²) in [4.78, 5) is 22.9. The maximum Gasteiger partial charge on any atom is 0.333 e. The van der Waals surface area contributed by atoms with Crippen LogP contribution in [0, 0.1) is 5.92 Å². The van der Waals surface area contributed by atoms with Crippen molar-refractivity contribution in [1.29, 1.82) is 0 Å². The monoisotopic (exact) mass is 246 g/mol. The zero-order valence-corrected chi connectivity index (χ0v) is 10.2. The average Bonchev–Trinajstić information content (AvgIpc) is 2.92. The predicted octanol–water partition coefficient (Wildman–Crippen LogP) is 1.68. The highest BCUT2D eigenvalue weighted by Crippen LogP contribution is 2.49. The molecule has 1 aliphatic carbocycles. The lowest BCUT2D eigenvalue weighted by Crippen LogP contribution is -2.13. The minimum absolute atomic E-state index is 0.0562. The van der Waals surface area contributed by atoms with Gasteiger partial charge in [0.15, 0.2) is 0 Å². The number of carbonyl (C=O) groups is 2. The van der Waals surface area contributed by atoms with Gasteiger partial charge in [0.25, 0.3) is 0 Å². The lowest BCUT2D eigenvalue weighted by molar-refractivity contribution is -0.138. The van der Waals surface area contributed by atoms with E-state index in [1.54, 1.807) is 6.92 Å². The van der Waals surface area contributed by atoms with E-state index in [0.29, 0.717) is 25.0 Å². The van der Waals surface area contributed by atoms with Crippen LogP contribution >= 0.6 is 0 Å². The zero-order valence-electron chi connectivity index (χ0n) is 10.2. The molecule has 0 N–H and O–H groups in total. The van der Waals surface area contributed by atoms with Gasteiger partial charge in [0.05, 0.1) is 12.5 Å². The third-order valence-electron chi connectivity index (χ3n) is 3.61. The molecule has 1 saturated carbocycles. The molecule has 94 valence electrons. The van der Waals surface area contributed by atoms with Crippen molar-refractivity contribution < 1.29 is 19.1 Å². The maximum atomic E-state index is 11.7. The molecule has 0 amide bonds. The SMILES string of the molecule is C=C(C)C(=O)OCCC1=C2CC(=O)[C@@H]3C=C1OC23. The highest BCUT2D eigenvalue weighted by molar-refractivity contribution is 5.92. The van der Waals surface area contributed by atoms with Gasteiger partial charge in [-0.05, 0) is 18.6 Å². The lowest BCUT2D eigenvalue weighted by atomic mass is 9.95. The van der Waals surface area contributed by atoms with E-state index in [0.717, 1.165) is 16.9 Å². The number of hydrogen-bond donors (Lipinski definition) is 0. The van der Waals surface area contributed by atoms with E-state index in [-0.39, 0.29) is 23.8 Å². The van der Waals surface area contributed by atoms with E-state index in [1.165, 1.54) is 0 Å². The van der Waals surface area contributed by atoms with Crippen LogP contribution in [0.1, 0.15) is 19.8 Å². The number of esters is 1. The predicted molar refractivity (Wildman–Crippen MR) is 63.5 cm³/mol. The van der Waals surface area contributed by atoms with Gasteiger partial charge in [0.1, 0.15) is 17.6 Å². The summed E-state index contributed by atoms with van der Waals surface area (Å²) in [7, 11) is 0. The van der Waals surface area contributed by atoms with Crippen molar-refractivity contribution in [2.24, 2.45) is 5.92 Å². The Morgan fingerprint density at radius 1 is 1.61 bits per heavy atom. The smallest absolute Gasteiger partial charge is 0.333 e. The van der Waals surface area contributed by atoms with E-state index in [9.17, 15) is 9.59 Å². The van der Waals surface area contributed by atoms with Crippen molar-refractivity contribution in [2.45, 2.75) is 25.9 Å². The molecule has 2 heterocycles. The molecular weight excluding hydrogens is 232 g/mol. The molecule has 0 saturated heterocycles. The van der Waals surface area contributed by atoms with Crippen LogP contribution in [0.3, 0.4) is 0 Å². The van der Waals surface area contributed by atoms with E-state index in [2.05, 4.69) is 6.58 Å². The number of fused-ring (bicyclic) bond motifs is 1. The molecule has 3 aliphatic rings. The number of rotatable bonds is 4. The Balaban J connectivity index is 1.65. The van der Waals surface area contributed by atoms with Crippen LogP contribution in [-0.4, -0.2) is 24.5 Å². The first-order chi connectivity index (χ1) is 8.58. The summed E-state index contributed by atoms with van der Waals surface area (Å²) in [5.41, 5.74) is 2.54. The number of hydrogen-bond acceptors (Lipinski definition) is 4. The molecule has 0 aromatic rings. The molecule has 4 nitrogen and oxygen atoms in total. The molecule has 2 aliphatic heterocycles. The van der Waals surface area contributed by atoms with Crippen LogP contribution in [0.25, 0.3) is 0 Å². The fourth-order valence-corrected chi connectivity index (χ4v) is 2.72. The summed E-state index contributed by atoms with van der Waals surface area (Å²) in [6, 6.07) is 0. The van der Waals surface area contributed by atoms with Crippen LogP contribution in [0.5, 0.6) is 0 Å². The number of ketones is 1. The van der Waals surface area contributed by atoms with Gasteiger partial charge < -0.3 is 9.47 Å². The second-order valence-electron chi connectivity index (χ2n) is 4.91. The molecule has 18 heavy (non-hydrogen) atoms. The van der Waals surface area contributed by atoms with Gasteiger partial charge in [-0.1, -0.05) is 6.58 Å². The summed E-state index contributed by atoms with van der Waals surface area (Å²) in [5.74, 6) is 0.618. The molecule has 0 aromatic carbocycles. The van der Waals surface area contributed by atoms with Gasteiger partial charge in [-0.2, -0.15) is 0 Å². The Bertz CT molecular complexity index is 524. The third-order valence-corrected chi connectivity index (χ3v) is 3.61. The topological polar surface area (TPSA) is 52.6 Å². The first-order valence-electron chi connectivity index (χ1n) is 6.04. The number of ether oxygens (including phenoxy) is 2. The zero-order chi connectivity index (χ0) is 12.9. The lowest BCUT2D eigenvalue weighted by Gasteiger charge is -2.07. The van der Waals surface area contributed by atoms with Crippen LogP contribution in [0.15, 0.2) is 35.1 Å². The molecule has 3 rings (SSSR count). The van der Waals surface area contributed by atoms with Crippen molar-refractivity contribution in [3.63, 3.8) is 0 Å². The summed E-state index contributed by atoms with van der Waals surface area (Å²) < 4.78 is 10.7. The molecule has 1 unspecified atom stereocenters. The summed E-state index contributed by atoms with van der Waals surface area (Å²) >= 11 is 0. The van der Waals surface area contributed by atoms with Crippen LogP contribution < -0.4 is 0 Å². The van der Waals surface area contributed by atoms with Gasteiger partial charge in [0, 0.05) is 24.0 Å². The molecule has 0 spiro atoms. The number of Topliss-reactive ketones (excluding diaryl/α,β-unsaturated/α-hetero) is 1. The Hall–Kier alpha value is -1.84. The van der Waals surface area contributed by atoms with Crippen molar-refractivity contribution in [2.75, 3.05) is 6.61 Å². The standard InChI is InChI=1S/C14H14O4/c1-7(2)14(16)17-4-3-8-9-5-11(15)10-6-12(8)18-13(9)10/h6,10,13H,1,3-5H2,2H3/t10-,13?/m0/s1. The molecule has 0 aromatic heterocycles. The Kier molecular flexibility index (Phi) is 2.40. The first kappa shape index (κ1) is 11.3. The second kappa shape index (κ2) is 3.83. The van der Waals surface area contributed by atoms with E-state index < -0.39 is 0 Å². The van der Waals surface area contributed by atoms with Crippen molar-refractivity contribution >= 4 is 11.8 Å². The fraction of sp³-hybridized carbons (Fsp3) is 0.429. The van der Waals surface area contributed by atoms with Crippen molar-refractivity contribution in [3.8, 4) is 0 Å². The molecule has 0 radical (unpaired) electrons. The summed E-state index contributed by atoms with van der Waals surface area (Å²) in [6.45, 7) is 5.45. The number of allylic oxidation sites excluding steroid dienone is 1. The Morgan fingerprint density at radius 2 is 2.39 bits per heavy atom. The molecular formula is C14H14O4. The molecule has 1 fully saturated rings. The quantitative estimate of drug-likeness (QED) is 0.559. The fourth-order valence-electron chi connectivity index (χ4n) is 2.72. The second-order valence-corrected chi connectivity index (χ2v) is 4.91. The first-order valence-corrected chi connectivity index (χ1v) is 6.04. The summed E-state index contributed by atoms with van der Waals surface area (Å²) in [5, 5.41) is 0. The minimum Gasteiger partial charge on any atom is -0.485 e. The molecule has 2 atom stereocenters. The molecule has 2 bridgehead atoms. The number of carbonyl (C=O) groups excluding carboxylic acids is 2. The average molecular weight is 246 g/mol. The van der Waals surface area contributed by atoms with Crippen LogP contribution in [-0.2, 0) is 19.1 Å². The van der Waals surface area contributed by atoms with Crippen molar-refractivity contribution in [1.82, 2.24) is 0 Å². The Labute approximate surface area is 105 Å². The highest BCUT2D eigenvalue weighted by Gasteiger charge is 2.50. The van der Waals surface area contributed by atoms with Crippen LogP contribution in [0.2, 0.25) is 0 Å². The van der Waals surface area contributed by atoms with Crippen molar-refractivity contribution in [3.05, 3.63) is 35.1 Å². The maximum absolute atomic E-state index is 11.7. The third kappa shape index (κ3) is 1.52. The van der Waals surface area contributed by atoms with E-state index in [1.807, 2.05) is 6.08 Å². The highest BCUT2D eigenvalue weighted by atomic mass is 16.5. The van der Waals surface area contributed by atoms with Crippen LogP contribution in [0.4, 0.5) is 0 Å². The van der Waals surface area contributed by atoms with Gasteiger partial charge in [-0.15, -0.1) is 0 Å². The minimum atomic E-state index is -0.376.